The number of carbonyl (C=O) groups is 2. The second-order valence-corrected chi connectivity index (χ2v) is 9.28. The van der Waals surface area contributed by atoms with E-state index in [9.17, 15) is 9.59 Å². The van der Waals surface area contributed by atoms with Gasteiger partial charge in [0.05, 0.1) is 23.1 Å². The summed E-state index contributed by atoms with van der Waals surface area (Å²) < 4.78 is 5.57. The van der Waals surface area contributed by atoms with E-state index in [4.69, 9.17) is 20.9 Å². The van der Waals surface area contributed by atoms with E-state index in [0.29, 0.717) is 30.2 Å². The van der Waals surface area contributed by atoms with Gasteiger partial charge in [0.2, 0.25) is 0 Å². The number of aliphatic imine (C=N–C) groups is 1. The number of likely N-dealkylation sites (tertiary alicyclic amines) is 1. The molecule has 1 aromatic rings. The third-order valence-electron chi connectivity index (χ3n) is 5.69. The van der Waals surface area contributed by atoms with Crippen molar-refractivity contribution in [3.8, 4) is 0 Å². The first-order valence-corrected chi connectivity index (χ1v) is 10.7. The van der Waals surface area contributed by atoms with Crippen molar-refractivity contribution < 1.29 is 14.3 Å². The second kappa shape index (κ2) is 7.83. The van der Waals surface area contributed by atoms with E-state index in [1.165, 1.54) is 18.4 Å². The number of hydrogen-bond acceptors (Lipinski definition) is 6. The van der Waals surface area contributed by atoms with Crippen molar-refractivity contribution >= 4 is 29.1 Å². The quantitative estimate of drug-likeness (QED) is 0.677. The number of fused-ring (bicyclic) bond motifs is 1. The third-order valence-corrected chi connectivity index (χ3v) is 5.69. The Morgan fingerprint density at radius 3 is 2.55 bits per heavy atom. The molecule has 1 atom stereocenters. The fourth-order valence-corrected chi connectivity index (χ4v) is 4.00. The number of nitrogens with zero attached hydrogens (tertiary/aromatic N) is 2. The van der Waals surface area contributed by atoms with Crippen molar-refractivity contribution in [3.63, 3.8) is 0 Å². The molecule has 8 heteroatoms. The number of piperidine rings is 1. The average molecular weight is 424 g/mol. The monoisotopic (exact) mass is 423 g/mol. The van der Waals surface area contributed by atoms with Crippen LogP contribution in [0.2, 0.25) is 0 Å². The van der Waals surface area contributed by atoms with Gasteiger partial charge in [-0.25, -0.2) is 4.79 Å². The number of nitrogens with two attached hydrogens (primary N) is 1. The molecule has 1 saturated carbocycles. The minimum atomic E-state index is -0.648. The van der Waals surface area contributed by atoms with Crippen molar-refractivity contribution in [2.24, 2.45) is 10.7 Å². The molecule has 0 aromatic heterocycles. The van der Waals surface area contributed by atoms with Crippen LogP contribution in [0.4, 0.5) is 10.5 Å². The molecule has 1 aliphatic carbocycles. The van der Waals surface area contributed by atoms with Gasteiger partial charge in [-0.05, 0) is 57.2 Å². The van der Waals surface area contributed by atoms with Crippen molar-refractivity contribution in [1.29, 1.82) is 5.41 Å². The van der Waals surface area contributed by atoms with Gasteiger partial charge < -0.3 is 15.8 Å². The fourth-order valence-electron chi connectivity index (χ4n) is 4.00. The predicted molar refractivity (Wildman–Crippen MR) is 119 cm³/mol. The predicted octanol–water partition coefficient (Wildman–Crippen LogP) is 3.01. The zero-order chi connectivity index (χ0) is 22.3. The number of hydrogen-bond donors (Lipinski definition) is 3. The third kappa shape index (κ3) is 4.47. The molecule has 4 N–H and O–H groups in total. The van der Waals surface area contributed by atoms with Crippen molar-refractivity contribution in [2.75, 3.05) is 13.1 Å². The number of rotatable bonds is 2. The molecule has 2 fully saturated rings. The summed E-state index contributed by atoms with van der Waals surface area (Å²) in [7, 11) is 0. The number of amides is 2. The van der Waals surface area contributed by atoms with Crippen LogP contribution in [0.15, 0.2) is 40.5 Å². The van der Waals surface area contributed by atoms with E-state index in [0.717, 1.165) is 5.69 Å². The molecule has 8 nitrogen and oxygen atoms in total. The lowest BCUT2D eigenvalue weighted by Crippen LogP contribution is -2.53. The second-order valence-electron chi connectivity index (χ2n) is 9.28. The van der Waals surface area contributed by atoms with Crippen molar-refractivity contribution in [3.05, 3.63) is 41.1 Å². The highest BCUT2D eigenvalue weighted by atomic mass is 16.6. The maximum absolute atomic E-state index is 12.9. The Labute approximate surface area is 182 Å². The lowest BCUT2D eigenvalue weighted by Gasteiger charge is -2.38. The molecule has 0 radical (unpaired) electrons. The summed E-state index contributed by atoms with van der Waals surface area (Å²) in [6, 6.07) is 7.63. The van der Waals surface area contributed by atoms with E-state index < -0.39 is 23.6 Å². The molecule has 1 saturated heterocycles. The van der Waals surface area contributed by atoms with Gasteiger partial charge in [-0.1, -0.05) is 12.1 Å². The smallest absolute Gasteiger partial charge is 0.410 e. The maximum Gasteiger partial charge on any atom is 0.410 e. The first-order valence-electron chi connectivity index (χ1n) is 10.7. The highest BCUT2D eigenvalue weighted by Crippen LogP contribution is 2.40. The van der Waals surface area contributed by atoms with Crippen LogP contribution in [-0.4, -0.2) is 53.1 Å². The maximum atomic E-state index is 12.9. The summed E-state index contributed by atoms with van der Waals surface area (Å²) in [4.78, 5) is 31.5. The van der Waals surface area contributed by atoms with Crippen molar-refractivity contribution in [1.82, 2.24) is 10.2 Å². The Bertz CT molecular complexity index is 983. The molecule has 2 heterocycles. The first-order chi connectivity index (χ1) is 14.6. The van der Waals surface area contributed by atoms with Crippen LogP contribution in [0.1, 0.15) is 51.5 Å². The molecule has 3 aliphatic rings. The highest BCUT2D eigenvalue weighted by molar-refractivity contribution is 6.45. The molecule has 31 heavy (non-hydrogen) atoms. The van der Waals surface area contributed by atoms with Gasteiger partial charge >= 0.3 is 6.09 Å². The standard InChI is InChI=1S/C23H29N5O3/c1-23(2,3)31-22(30)28-11-10-16(18-17(28)12-26-21(29)20(25)19(18)24)27-15-8-6-14(7-9-15)13-4-5-13/h6-9,13,17,25H,4-5,10-12,24H2,1-3H3,(H,26,29). The molecule has 2 aliphatic heterocycles. The number of nitrogens with one attached hydrogen (secondary N) is 2. The topological polar surface area (TPSA) is 121 Å². The minimum Gasteiger partial charge on any atom is -0.444 e. The van der Waals surface area contributed by atoms with Gasteiger partial charge in [0.25, 0.3) is 5.91 Å². The van der Waals surface area contributed by atoms with Gasteiger partial charge in [0.15, 0.2) is 0 Å². The summed E-state index contributed by atoms with van der Waals surface area (Å²) in [5, 5.41) is 10.8. The largest absolute Gasteiger partial charge is 0.444 e. The minimum absolute atomic E-state index is 0.0570. The SMILES string of the molecule is CC(C)(C)OC(=O)N1CCC(=Nc2ccc(C3CC3)cc2)C2=C(N)C(=N)C(=O)NCC21. The van der Waals surface area contributed by atoms with Crippen LogP contribution in [-0.2, 0) is 9.53 Å². The van der Waals surface area contributed by atoms with E-state index in [1.54, 1.807) is 4.90 Å². The van der Waals surface area contributed by atoms with Crippen LogP contribution in [0, 0.1) is 5.41 Å². The van der Waals surface area contributed by atoms with E-state index >= 15 is 0 Å². The Morgan fingerprint density at radius 1 is 1.26 bits per heavy atom. The first kappa shape index (κ1) is 21.1. The molecule has 1 unspecified atom stereocenters. The van der Waals surface area contributed by atoms with Crippen LogP contribution in [0.3, 0.4) is 0 Å². The Morgan fingerprint density at radius 2 is 1.94 bits per heavy atom. The van der Waals surface area contributed by atoms with Gasteiger partial charge in [-0.2, -0.15) is 0 Å². The summed E-state index contributed by atoms with van der Waals surface area (Å²) in [5.41, 5.74) is 8.73. The van der Waals surface area contributed by atoms with Crippen LogP contribution >= 0.6 is 0 Å². The van der Waals surface area contributed by atoms with E-state index in [1.807, 2.05) is 32.9 Å². The van der Waals surface area contributed by atoms with Gasteiger partial charge in [0, 0.05) is 25.1 Å². The van der Waals surface area contributed by atoms with Gasteiger partial charge in [-0.3, -0.25) is 20.1 Å². The summed E-state index contributed by atoms with van der Waals surface area (Å²) in [6.45, 7) is 5.96. The van der Waals surface area contributed by atoms with E-state index in [-0.39, 0.29) is 18.0 Å². The number of benzene rings is 1. The molecule has 164 valence electrons. The molecule has 0 spiro atoms. The van der Waals surface area contributed by atoms with Crippen LogP contribution < -0.4 is 11.1 Å². The molecular formula is C23H29N5O3. The zero-order valence-electron chi connectivity index (χ0n) is 18.2. The molecule has 4 rings (SSSR count). The number of ether oxygens (including phenoxy) is 1. The lowest BCUT2D eigenvalue weighted by atomic mass is 9.91. The summed E-state index contributed by atoms with van der Waals surface area (Å²) >= 11 is 0. The van der Waals surface area contributed by atoms with E-state index in [2.05, 4.69) is 17.4 Å². The van der Waals surface area contributed by atoms with Crippen LogP contribution in [0.5, 0.6) is 0 Å². The summed E-state index contributed by atoms with van der Waals surface area (Å²) in [6.07, 6.45) is 2.46. The van der Waals surface area contributed by atoms with Crippen molar-refractivity contribution in [2.45, 2.75) is 57.6 Å². The van der Waals surface area contributed by atoms with Gasteiger partial charge in [0.1, 0.15) is 11.3 Å². The zero-order valence-corrected chi connectivity index (χ0v) is 18.2. The Balaban J connectivity index is 1.70. The number of carbonyl (C=O) groups excluding carboxylic acids is 2. The molecule has 1 aromatic carbocycles. The Kier molecular flexibility index (Phi) is 5.33. The summed E-state index contributed by atoms with van der Waals surface area (Å²) in [5.74, 6) is 0.109. The highest BCUT2D eigenvalue weighted by Gasteiger charge is 2.40. The molecule has 0 bridgehead atoms. The fraction of sp³-hybridized carbons (Fsp3) is 0.478. The lowest BCUT2D eigenvalue weighted by molar-refractivity contribution is -0.114. The molecule has 2 amide bonds. The average Bonchev–Trinajstić information content (AvgIpc) is 3.55. The Hall–Kier alpha value is -3.16. The molecular weight excluding hydrogens is 394 g/mol. The normalized spacial score (nSPS) is 23.4. The van der Waals surface area contributed by atoms with Crippen LogP contribution in [0.25, 0.3) is 0 Å². The van der Waals surface area contributed by atoms with Gasteiger partial charge in [-0.15, -0.1) is 0 Å².